The van der Waals surface area contributed by atoms with E-state index in [1.165, 1.54) is 17.2 Å². The van der Waals surface area contributed by atoms with Crippen LogP contribution in [0.3, 0.4) is 0 Å². The van der Waals surface area contributed by atoms with Crippen molar-refractivity contribution >= 4 is 46.6 Å². The first-order valence-corrected chi connectivity index (χ1v) is 9.76. The summed E-state index contributed by atoms with van der Waals surface area (Å²) in [4.78, 5) is 7.62. The summed E-state index contributed by atoms with van der Waals surface area (Å²) in [5.41, 5.74) is 4.36. The largest absolute Gasteiger partial charge is 0.491 e. The third-order valence-electron chi connectivity index (χ3n) is 5.50. The Morgan fingerprint density at radius 2 is 2.03 bits per heavy atom. The van der Waals surface area contributed by atoms with Gasteiger partial charge in [0, 0.05) is 34.7 Å². The van der Waals surface area contributed by atoms with Crippen LogP contribution in [0.1, 0.15) is 17.5 Å². The number of nitrogens with one attached hydrogen (secondary N) is 2. The number of fused-ring (bicyclic) bond motifs is 4. The number of aromatic nitrogens is 2. The second-order valence-corrected chi connectivity index (χ2v) is 7.40. The third kappa shape index (κ3) is 4.38. The Morgan fingerprint density at radius 1 is 1.13 bits per heavy atom. The van der Waals surface area contributed by atoms with Crippen molar-refractivity contribution in [2.45, 2.75) is 25.3 Å². The van der Waals surface area contributed by atoms with Crippen LogP contribution in [0, 0.1) is 5.82 Å². The Morgan fingerprint density at radius 3 is 2.93 bits per heavy atom. The van der Waals surface area contributed by atoms with Crippen LogP contribution in [0.2, 0.25) is 0 Å². The van der Waals surface area contributed by atoms with E-state index in [2.05, 4.69) is 33.5 Å². The van der Waals surface area contributed by atoms with E-state index in [1.807, 2.05) is 18.5 Å². The van der Waals surface area contributed by atoms with E-state index >= 15 is 0 Å². The first-order chi connectivity index (χ1) is 13.8. The van der Waals surface area contributed by atoms with Gasteiger partial charge >= 0.3 is 0 Å². The molecule has 4 aromatic rings. The summed E-state index contributed by atoms with van der Waals surface area (Å²) < 4.78 is 19.6. The number of halogens is 3. The lowest BCUT2D eigenvalue weighted by molar-refractivity contribution is 0.242. The molecule has 0 saturated heterocycles. The molecule has 5 rings (SSSR count). The van der Waals surface area contributed by atoms with Gasteiger partial charge in [-0.1, -0.05) is 6.07 Å². The molecule has 2 aromatic heterocycles. The van der Waals surface area contributed by atoms with Crippen LogP contribution in [-0.2, 0) is 12.8 Å². The lowest BCUT2D eigenvalue weighted by atomic mass is 9.99. The second kappa shape index (κ2) is 9.65. The quantitative estimate of drug-likeness (QED) is 0.412. The maximum Gasteiger partial charge on any atom is 0.132 e. The van der Waals surface area contributed by atoms with Crippen LogP contribution in [0.15, 0.2) is 54.9 Å². The number of aryl methyl sites for hydroxylation is 1. The Bertz CT molecular complexity index is 1150. The minimum atomic E-state index is -0.188. The molecule has 1 atom stereocenters. The Labute approximate surface area is 187 Å². The van der Waals surface area contributed by atoms with E-state index < -0.39 is 0 Å². The number of hydrogen-bond donors (Lipinski definition) is 2. The summed E-state index contributed by atoms with van der Waals surface area (Å²) in [7, 11) is 0. The van der Waals surface area contributed by atoms with E-state index in [-0.39, 0.29) is 30.6 Å². The average Bonchev–Trinajstić information content (AvgIpc) is 3.13. The minimum absolute atomic E-state index is 0. The summed E-state index contributed by atoms with van der Waals surface area (Å²) >= 11 is 0. The molecule has 2 aromatic carbocycles. The van der Waals surface area contributed by atoms with Crippen LogP contribution in [-0.4, -0.2) is 29.2 Å². The van der Waals surface area contributed by atoms with Crippen molar-refractivity contribution < 1.29 is 9.13 Å². The van der Waals surface area contributed by atoms with Crippen molar-refractivity contribution in [3.63, 3.8) is 0 Å². The normalized spacial score (nSPS) is 15.2. The third-order valence-corrected chi connectivity index (χ3v) is 5.50. The van der Waals surface area contributed by atoms with E-state index in [0.29, 0.717) is 12.6 Å². The molecule has 0 spiro atoms. The molecule has 0 bridgehead atoms. The first-order valence-electron chi connectivity index (χ1n) is 9.76. The van der Waals surface area contributed by atoms with Gasteiger partial charge in [0.25, 0.3) is 0 Å². The standard InChI is InChI=1S/C23H22FN3O.2ClH/c24-17-6-8-22-20(12-17)16(13-27-22)3-1-9-25-18-11-15-5-7-21-19(4-2-10-26-21)23(15)28-14-18;;/h2,4-8,10,12-13,18,25,27H,1,3,9,11,14H2;2*1H. The summed E-state index contributed by atoms with van der Waals surface area (Å²) in [6, 6.07) is 13.4. The van der Waals surface area contributed by atoms with Crippen molar-refractivity contribution in [3.8, 4) is 5.75 Å². The molecule has 3 heterocycles. The van der Waals surface area contributed by atoms with Crippen LogP contribution in [0.4, 0.5) is 4.39 Å². The van der Waals surface area contributed by atoms with Gasteiger partial charge in [-0.25, -0.2) is 4.39 Å². The molecule has 30 heavy (non-hydrogen) atoms. The summed E-state index contributed by atoms with van der Waals surface area (Å²) in [6.07, 6.45) is 6.66. The highest BCUT2D eigenvalue weighted by atomic mass is 35.5. The molecule has 7 heteroatoms. The van der Waals surface area contributed by atoms with Gasteiger partial charge in [0.15, 0.2) is 0 Å². The number of ether oxygens (including phenoxy) is 1. The van der Waals surface area contributed by atoms with Gasteiger partial charge in [0.2, 0.25) is 0 Å². The zero-order chi connectivity index (χ0) is 18.9. The molecule has 158 valence electrons. The molecule has 4 nitrogen and oxygen atoms in total. The minimum Gasteiger partial charge on any atom is -0.491 e. The van der Waals surface area contributed by atoms with Gasteiger partial charge in [-0.3, -0.25) is 4.98 Å². The van der Waals surface area contributed by atoms with E-state index in [1.54, 1.807) is 12.1 Å². The molecule has 0 saturated carbocycles. The number of benzene rings is 2. The van der Waals surface area contributed by atoms with Gasteiger partial charge < -0.3 is 15.0 Å². The first kappa shape index (κ1) is 22.3. The molecule has 0 amide bonds. The lowest BCUT2D eigenvalue weighted by Gasteiger charge is -2.27. The Kier molecular flexibility index (Phi) is 7.19. The summed E-state index contributed by atoms with van der Waals surface area (Å²) in [5.74, 6) is 0.789. The molecule has 2 N–H and O–H groups in total. The van der Waals surface area contributed by atoms with Crippen LogP contribution in [0.5, 0.6) is 5.75 Å². The monoisotopic (exact) mass is 447 g/mol. The number of rotatable bonds is 5. The number of H-pyrrole nitrogens is 1. The topological polar surface area (TPSA) is 49.9 Å². The maximum atomic E-state index is 13.5. The molecule has 0 aliphatic carbocycles. The molecule has 1 aliphatic rings. The highest BCUT2D eigenvalue weighted by Crippen LogP contribution is 2.32. The zero-order valence-electron chi connectivity index (χ0n) is 16.4. The number of hydrogen-bond acceptors (Lipinski definition) is 3. The van der Waals surface area contributed by atoms with Crippen LogP contribution < -0.4 is 10.1 Å². The predicted molar refractivity (Wildman–Crippen MR) is 124 cm³/mol. The van der Waals surface area contributed by atoms with Gasteiger partial charge in [0.05, 0.1) is 5.52 Å². The number of pyridine rings is 1. The zero-order valence-corrected chi connectivity index (χ0v) is 18.0. The fraction of sp³-hybridized carbons (Fsp3) is 0.261. The molecule has 1 aliphatic heterocycles. The number of aromatic amines is 1. The summed E-state index contributed by atoms with van der Waals surface area (Å²) in [5, 5.41) is 5.68. The van der Waals surface area contributed by atoms with Crippen molar-refractivity contribution in [1.29, 1.82) is 0 Å². The lowest BCUT2D eigenvalue weighted by Crippen LogP contribution is -2.39. The summed E-state index contributed by atoms with van der Waals surface area (Å²) in [6.45, 7) is 1.57. The van der Waals surface area contributed by atoms with Gasteiger partial charge in [-0.05, 0) is 73.3 Å². The highest BCUT2D eigenvalue weighted by Gasteiger charge is 2.21. The van der Waals surface area contributed by atoms with Crippen molar-refractivity contribution in [1.82, 2.24) is 15.3 Å². The SMILES string of the molecule is Cl.Cl.Fc1ccc2[nH]cc(CCCNC3COc4c(ccc5ncccc45)C3)c2c1. The molecule has 1 unspecified atom stereocenters. The average molecular weight is 448 g/mol. The van der Waals surface area contributed by atoms with E-state index in [9.17, 15) is 4.39 Å². The van der Waals surface area contributed by atoms with Gasteiger partial charge in [0.1, 0.15) is 18.2 Å². The van der Waals surface area contributed by atoms with Gasteiger partial charge in [-0.15, -0.1) is 24.8 Å². The molecule has 0 fully saturated rings. The number of nitrogens with zero attached hydrogens (tertiary/aromatic N) is 1. The van der Waals surface area contributed by atoms with E-state index in [4.69, 9.17) is 4.74 Å². The fourth-order valence-corrected chi connectivity index (χ4v) is 4.08. The fourth-order valence-electron chi connectivity index (χ4n) is 4.08. The van der Waals surface area contributed by atoms with E-state index in [0.717, 1.165) is 53.4 Å². The Hall–Kier alpha value is -2.34. The molecular formula is C23H24Cl2FN3O. The van der Waals surface area contributed by atoms with Crippen molar-refractivity contribution in [2.75, 3.05) is 13.2 Å². The highest BCUT2D eigenvalue weighted by molar-refractivity contribution is 5.87. The maximum absolute atomic E-state index is 13.5. The molecule has 0 radical (unpaired) electrons. The molecular weight excluding hydrogens is 424 g/mol. The predicted octanol–water partition coefficient (Wildman–Crippen LogP) is 5.22. The second-order valence-electron chi connectivity index (χ2n) is 7.40. The van der Waals surface area contributed by atoms with Gasteiger partial charge in [-0.2, -0.15) is 0 Å². The Balaban J connectivity index is 0.00000128. The smallest absolute Gasteiger partial charge is 0.132 e. The van der Waals surface area contributed by atoms with Crippen molar-refractivity contribution in [3.05, 3.63) is 71.8 Å². The van der Waals surface area contributed by atoms with Crippen LogP contribution in [0.25, 0.3) is 21.8 Å². The van der Waals surface area contributed by atoms with Crippen molar-refractivity contribution in [2.24, 2.45) is 0 Å². The van der Waals surface area contributed by atoms with Crippen LogP contribution >= 0.6 is 24.8 Å².